The monoisotopic (exact) mass is 232 g/mol. The topological polar surface area (TPSA) is 63.0 Å². The first-order valence-corrected chi connectivity index (χ1v) is 5.69. The summed E-state index contributed by atoms with van der Waals surface area (Å²) in [6.45, 7) is 3.68. The number of hydrogen-bond acceptors (Lipinski definition) is 4. The number of nitrogens with zero attached hydrogens (tertiary/aromatic N) is 3. The maximum atomic E-state index is 9.17. The first-order valence-electron chi connectivity index (χ1n) is 5.69. The van der Waals surface area contributed by atoms with Gasteiger partial charge in [0.15, 0.2) is 5.82 Å². The maximum absolute atomic E-state index is 9.17. The van der Waals surface area contributed by atoms with Crippen LogP contribution in [0.4, 0.5) is 5.69 Å². The van der Waals surface area contributed by atoms with E-state index in [9.17, 15) is 0 Å². The fraction of sp³-hybridized carbons (Fsp3) is 0.333. The lowest BCUT2D eigenvalue weighted by atomic mass is 10.3. The molecule has 5 heteroatoms. The standard InChI is InChI=1S/C12H16N4O/c1-2-7-16-9-14-15-12(16)8-13-10-3-5-11(17)6-4-10/h3-6,9,13,17H,2,7-8H2,1H3. The summed E-state index contributed by atoms with van der Waals surface area (Å²) in [5.74, 6) is 1.18. The van der Waals surface area contributed by atoms with Crippen molar-refractivity contribution < 1.29 is 5.11 Å². The summed E-state index contributed by atoms with van der Waals surface area (Å²) in [7, 11) is 0. The Morgan fingerprint density at radius 3 is 2.76 bits per heavy atom. The van der Waals surface area contributed by atoms with Crippen LogP contribution in [-0.2, 0) is 13.1 Å². The zero-order chi connectivity index (χ0) is 12.1. The SMILES string of the molecule is CCCn1cnnc1CNc1ccc(O)cc1. The number of phenolic OH excluding ortho intramolecular Hbond substituents is 1. The number of anilines is 1. The molecule has 0 aliphatic heterocycles. The minimum absolute atomic E-state index is 0.268. The Labute approximate surface area is 100 Å². The molecule has 1 aromatic heterocycles. The Morgan fingerprint density at radius 2 is 2.06 bits per heavy atom. The van der Waals surface area contributed by atoms with Gasteiger partial charge in [-0.25, -0.2) is 0 Å². The zero-order valence-electron chi connectivity index (χ0n) is 9.80. The Balaban J connectivity index is 1.97. The highest BCUT2D eigenvalue weighted by Gasteiger charge is 2.02. The second kappa shape index (κ2) is 5.34. The molecule has 0 saturated heterocycles. The van der Waals surface area contributed by atoms with Crippen molar-refractivity contribution in [3.05, 3.63) is 36.4 Å². The van der Waals surface area contributed by atoms with Crippen molar-refractivity contribution in [1.82, 2.24) is 14.8 Å². The summed E-state index contributed by atoms with van der Waals surface area (Å²) < 4.78 is 2.04. The summed E-state index contributed by atoms with van der Waals surface area (Å²) in [4.78, 5) is 0. The smallest absolute Gasteiger partial charge is 0.152 e. The number of nitrogens with one attached hydrogen (secondary N) is 1. The molecule has 17 heavy (non-hydrogen) atoms. The van der Waals surface area contributed by atoms with Gasteiger partial charge in [-0.05, 0) is 30.7 Å². The molecule has 0 atom stereocenters. The van der Waals surface area contributed by atoms with Crippen molar-refractivity contribution in [1.29, 1.82) is 0 Å². The van der Waals surface area contributed by atoms with Crippen LogP contribution in [0.1, 0.15) is 19.2 Å². The molecule has 0 amide bonds. The third-order valence-corrected chi connectivity index (χ3v) is 2.48. The fourth-order valence-corrected chi connectivity index (χ4v) is 1.60. The van der Waals surface area contributed by atoms with Gasteiger partial charge in [-0.2, -0.15) is 0 Å². The van der Waals surface area contributed by atoms with Crippen molar-refractivity contribution in [2.45, 2.75) is 26.4 Å². The van der Waals surface area contributed by atoms with Crippen LogP contribution in [0.2, 0.25) is 0 Å². The number of hydrogen-bond donors (Lipinski definition) is 2. The minimum atomic E-state index is 0.268. The van der Waals surface area contributed by atoms with E-state index in [2.05, 4.69) is 22.4 Å². The molecular weight excluding hydrogens is 216 g/mol. The Morgan fingerprint density at radius 1 is 1.29 bits per heavy atom. The highest BCUT2D eigenvalue weighted by atomic mass is 16.3. The van der Waals surface area contributed by atoms with Crippen LogP contribution in [0.15, 0.2) is 30.6 Å². The summed E-state index contributed by atoms with van der Waals surface area (Å²) in [6.07, 6.45) is 2.81. The number of aryl methyl sites for hydroxylation is 1. The molecule has 0 radical (unpaired) electrons. The summed E-state index contributed by atoms with van der Waals surface area (Å²) in [6, 6.07) is 6.96. The van der Waals surface area contributed by atoms with E-state index in [1.807, 2.05) is 16.7 Å². The van der Waals surface area contributed by atoms with Crippen LogP contribution in [0.25, 0.3) is 0 Å². The van der Waals surface area contributed by atoms with Crippen molar-refractivity contribution in [3.63, 3.8) is 0 Å². The highest BCUT2D eigenvalue weighted by molar-refractivity contribution is 5.45. The molecule has 0 bridgehead atoms. The maximum Gasteiger partial charge on any atom is 0.152 e. The van der Waals surface area contributed by atoms with Crippen molar-refractivity contribution in [2.75, 3.05) is 5.32 Å². The van der Waals surface area contributed by atoms with Crippen LogP contribution >= 0.6 is 0 Å². The third-order valence-electron chi connectivity index (χ3n) is 2.48. The highest BCUT2D eigenvalue weighted by Crippen LogP contribution is 2.14. The quantitative estimate of drug-likeness (QED) is 0.774. The molecule has 0 saturated carbocycles. The number of aromatic hydroxyl groups is 1. The fourth-order valence-electron chi connectivity index (χ4n) is 1.60. The molecule has 5 nitrogen and oxygen atoms in total. The van der Waals surface area contributed by atoms with Gasteiger partial charge in [0.2, 0.25) is 0 Å². The van der Waals surface area contributed by atoms with Gasteiger partial charge in [0.1, 0.15) is 12.1 Å². The van der Waals surface area contributed by atoms with Gasteiger partial charge in [-0.1, -0.05) is 6.92 Å². The Bertz CT molecular complexity index is 464. The van der Waals surface area contributed by atoms with Crippen molar-refractivity contribution in [3.8, 4) is 5.75 Å². The van der Waals surface area contributed by atoms with Gasteiger partial charge in [0.05, 0.1) is 6.54 Å². The molecule has 0 fully saturated rings. The van der Waals surface area contributed by atoms with Crippen molar-refractivity contribution >= 4 is 5.69 Å². The van der Waals surface area contributed by atoms with E-state index >= 15 is 0 Å². The first kappa shape index (κ1) is 11.4. The summed E-state index contributed by atoms with van der Waals surface area (Å²) in [5, 5.41) is 20.4. The van der Waals surface area contributed by atoms with E-state index in [-0.39, 0.29) is 5.75 Å². The number of benzene rings is 1. The number of phenols is 1. The van der Waals surface area contributed by atoms with Crippen molar-refractivity contribution in [2.24, 2.45) is 0 Å². The third kappa shape index (κ3) is 2.96. The van der Waals surface area contributed by atoms with Gasteiger partial charge in [0.25, 0.3) is 0 Å². The molecule has 0 unspecified atom stereocenters. The molecule has 2 N–H and O–H groups in total. The predicted molar refractivity (Wildman–Crippen MR) is 65.7 cm³/mol. The van der Waals surface area contributed by atoms with E-state index < -0.39 is 0 Å². The summed E-state index contributed by atoms with van der Waals surface area (Å²) >= 11 is 0. The largest absolute Gasteiger partial charge is 0.508 e. The molecule has 0 spiro atoms. The molecule has 0 aliphatic rings. The van der Waals surface area contributed by atoms with Crippen LogP contribution < -0.4 is 5.32 Å². The number of aromatic nitrogens is 3. The number of rotatable bonds is 5. The molecule has 2 aromatic rings. The lowest BCUT2D eigenvalue weighted by Crippen LogP contribution is -2.08. The van der Waals surface area contributed by atoms with E-state index in [1.54, 1.807) is 18.5 Å². The lowest BCUT2D eigenvalue weighted by molar-refractivity contribution is 0.475. The zero-order valence-corrected chi connectivity index (χ0v) is 9.80. The van der Waals surface area contributed by atoms with Crippen LogP contribution in [0, 0.1) is 0 Å². The van der Waals surface area contributed by atoms with Crippen LogP contribution in [0.5, 0.6) is 5.75 Å². The molecular formula is C12H16N4O. The lowest BCUT2D eigenvalue weighted by Gasteiger charge is -2.07. The summed E-state index contributed by atoms with van der Waals surface area (Å²) in [5.41, 5.74) is 0.953. The second-order valence-corrected chi connectivity index (χ2v) is 3.84. The molecule has 1 aromatic carbocycles. The van der Waals surface area contributed by atoms with Gasteiger partial charge in [-0.3, -0.25) is 0 Å². The van der Waals surface area contributed by atoms with E-state index in [1.165, 1.54) is 0 Å². The van der Waals surface area contributed by atoms with Gasteiger partial charge >= 0.3 is 0 Å². The van der Waals surface area contributed by atoms with Crippen LogP contribution in [0.3, 0.4) is 0 Å². The molecule has 2 rings (SSSR count). The predicted octanol–water partition coefficient (Wildman–Crippen LogP) is 2.01. The molecule has 90 valence electrons. The van der Waals surface area contributed by atoms with E-state index in [4.69, 9.17) is 5.11 Å². The normalized spacial score (nSPS) is 10.4. The Kier molecular flexibility index (Phi) is 3.59. The average Bonchev–Trinajstić information content (AvgIpc) is 2.77. The van der Waals surface area contributed by atoms with Gasteiger partial charge in [0, 0.05) is 12.2 Å². The van der Waals surface area contributed by atoms with Crippen LogP contribution in [-0.4, -0.2) is 19.9 Å². The minimum Gasteiger partial charge on any atom is -0.508 e. The van der Waals surface area contributed by atoms with E-state index in [0.29, 0.717) is 6.54 Å². The van der Waals surface area contributed by atoms with E-state index in [0.717, 1.165) is 24.5 Å². The average molecular weight is 232 g/mol. The Hall–Kier alpha value is -2.04. The second-order valence-electron chi connectivity index (χ2n) is 3.84. The molecule has 1 heterocycles. The van der Waals surface area contributed by atoms with Gasteiger partial charge < -0.3 is 15.0 Å². The van der Waals surface area contributed by atoms with Gasteiger partial charge in [-0.15, -0.1) is 10.2 Å². The first-order chi connectivity index (χ1) is 8.29. The molecule has 0 aliphatic carbocycles.